The van der Waals surface area contributed by atoms with Gasteiger partial charge in [0.1, 0.15) is 11.4 Å². The van der Waals surface area contributed by atoms with E-state index in [1.165, 1.54) is 11.1 Å². The van der Waals surface area contributed by atoms with E-state index in [2.05, 4.69) is 64.5 Å². The second-order valence-electron chi connectivity index (χ2n) is 8.50. The number of H-pyrrole nitrogens is 1. The van der Waals surface area contributed by atoms with Crippen LogP contribution in [0, 0.1) is 5.92 Å². The van der Waals surface area contributed by atoms with Crippen molar-refractivity contribution in [3.8, 4) is 16.9 Å². The van der Waals surface area contributed by atoms with Gasteiger partial charge in [-0.3, -0.25) is 4.90 Å². The standard InChI is InChI=1S/C27H29N3O2/c1-31-26-8-3-2-7-25(26)23-6-4-5-20(15-23)17-30-13-14-32-19-21(18-30)16-24-10-9-22-11-12-28-27(22)29-24/h2-12,15,21H,13-14,16-19H2,1H3,(H,28,29)/t21-/m1/s1. The van der Waals surface area contributed by atoms with E-state index in [0.29, 0.717) is 5.92 Å². The van der Waals surface area contributed by atoms with Crippen LogP contribution in [0.5, 0.6) is 5.75 Å². The lowest BCUT2D eigenvalue weighted by molar-refractivity contribution is 0.121. The lowest BCUT2D eigenvalue weighted by Crippen LogP contribution is -2.30. The van der Waals surface area contributed by atoms with E-state index in [0.717, 1.165) is 67.3 Å². The fourth-order valence-electron chi connectivity index (χ4n) is 4.58. The van der Waals surface area contributed by atoms with Crippen molar-refractivity contribution in [1.29, 1.82) is 0 Å². The van der Waals surface area contributed by atoms with Gasteiger partial charge in [0, 0.05) is 48.4 Å². The Morgan fingerprint density at radius 3 is 2.97 bits per heavy atom. The summed E-state index contributed by atoms with van der Waals surface area (Å²) in [6, 6.07) is 23.3. The molecule has 164 valence electrons. The molecule has 32 heavy (non-hydrogen) atoms. The van der Waals surface area contributed by atoms with Crippen LogP contribution in [0.2, 0.25) is 0 Å². The molecule has 0 bridgehead atoms. The number of nitrogens with one attached hydrogen (secondary N) is 1. The molecule has 2 aromatic carbocycles. The topological polar surface area (TPSA) is 50.4 Å². The summed E-state index contributed by atoms with van der Waals surface area (Å²) in [5.41, 5.74) is 5.70. The van der Waals surface area contributed by atoms with Gasteiger partial charge in [0.15, 0.2) is 0 Å². The first-order valence-corrected chi connectivity index (χ1v) is 11.2. The average molecular weight is 428 g/mol. The molecule has 0 spiro atoms. The second-order valence-corrected chi connectivity index (χ2v) is 8.50. The zero-order chi connectivity index (χ0) is 21.8. The van der Waals surface area contributed by atoms with E-state index in [1.54, 1.807) is 7.11 Å². The molecule has 0 unspecified atom stereocenters. The van der Waals surface area contributed by atoms with Crippen LogP contribution < -0.4 is 4.74 Å². The molecule has 5 nitrogen and oxygen atoms in total. The highest BCUT2D eigenvalue weighted by molar-refractivity contribution is 5.75. The predicted molar refractivity (Wildman–Crippen MR) is 128 cm³/mol. The van der Waals surface area contributed by atoms with Crippen molar-refractivity contribution >= 4 is 11.0 Å². The van der Waals surface area contributed by atoms with Crippen LogP contribution in [0.1, 0.15) is 11.3 Å². The third kappa shape index (κ3) is 4.69. The van der Waals surface area contributed by atoms with Gasteiger partial charge in [-0.25, -0.2) is 4.98 Å². The number of ether oxygens (including phenoxy) is 2. The number of nitrogens with zero attached hydrogens (tertiary/aromatic N) is 2. The van der Waals surface area contributed by atoms with E-state index in [1.807, 2.05) is 18.3 Å². The molecule has 3 heterocycles. The van der Waals surface area contributed by atoms with E-state index in [-0.39, 0.29) is 0 Å². The predicted octanol–water partition coefficient (Wildman–Crippen LogP) is 4.93. The minimum atomic E-state index is 0.426. The second kappa shape index (κ2) is 9.55. The number of aromatic amines is 1. The molecule has 2 aromatic heterocycles. The molecule has 1 saturated heterocycles. The third-order valence-electron chi connectivity index (χ3n) is 6.14. The number of pyridine rings is 1. The summed E-state index contributed by atoms with van der Waals surface area (Å²) in [5, 5.41) is 1.16. The number of para-hydroxylation sites is 1. The summed E-state index contributed by atoms with van der Waals surface area (Å²) in [7, 11) is 1.72. The van der Waals surface area contributed by atoms with Gasteiger partial charge in [0.25, 0.3) is 0 Å². The Kier molecular flexibility index (Phi) is 6.19. The van der Waals surface area contributed by atoms with Crippen LogP contribution >= 0.6 is 0 Å². The van der Waals surface area contributed by atoms with Gasteiger partial charge in [0.05, 0.1) is 20.3 Å². The first kappa shape index (κ1) is 20.7. The monoisotopic (exact) mass is 427 g/mol. The van der Waals surface area contributed by atoms with Crippen molar-refractivity contribution in [3.05, 3.63) is 84.2 Å². The first-order valence-electron chi connectivity index (χ1n) is 11.2. The van der Waals surface area contributed by atoms with Gasteiger partial charge in [-0.1, -0.05) is 36.4 Å². The molecule has 0 aliphatic carbocycles. The number of hydrogen-bond donors (Lipinski definition) is 1. The average Bonchev–Trinajstić information content (AvgIpc) is 3.19. The maximum Gasteiger partial charge on any atom is 0.137 e. The van der Waals surface area contributed by atoms with Crippen molar-refractivity contribution in [1.82, 2.24) is 14.9 Å². The quantitative estimate of drug-likeness (QED) is 0.474. The number of fused-ring (bicyclic) bond motifs is 1. The fourth-order valence-corrected chi connectivity index (χ4v) is 4.58. The minimum absolute atomic E-state index is 0.426. The van der Waals surface area contributed by atoms with Crippen LogP contribution in [0.3, 0.4) is 0 Å². The zero-order valence-corrected chi connectivity index (χ0v) is 18.5. The third-order valence-corrected chi connectivity index (χ3v) is 6.14. The van der Waals surface area contributed by atoms with Crippen molar-refractivity contribution < 1.29 is 9.47 Å². The molecule has 5 heteroatoms. The number of benzene rings is 2. The molecular weight excluding hydrogens is 398 g/mol. The Bertz CT molecular complexity index is 1190. The van der Waals surface area contributed by atoms with Crippen molar-refractivity contribution in [3.63, 3.8) is 0 Å². The zero-order valence-electron chi connectivity index (χ0n) is 18.5. The largest absolute Gasteiger partial charge is 0.496 e. The highest BCUT2D eigenvalue weighted by atomic mass is 16.5. The van der Waals surface area contributed by atoms with E-state index in [4.69, 9.17) is 14.5 Å². The lowest BCUT2D eigenvalue weighted by Gasteiger charge is -2.23. The SMILES string of the molecule is COc1ccccc1-c1cccc(CN2CCOC[C@H](Cc3ccc4cc[nH]c4n3)C2)c1. The fraction of sp³-hybridized carbons (Fsp3) is 0.296. The van der Waals surface area contributed by atoms with Gasteiger partial charge < -0.3 is 14.5 Å². The summed E-state index contributed by atoms with van der Waals surface area (Å²) in [4.78, 5) is 10.5. The Morgan fingerprint density at radius 2 is 2.03 bits per heavy atom. The van der Waals surface area contributed by atoms with Crippen molar-refractivity contribution in [2.45, 2.75) is 13.0 Å². The van der Waals surface area contributed by atoms with Crippen molar-refractivity contribution in [2.24, 2.45) is 5.92 Å². The summed E-state index contributed by atoms with van der Waals surface area (Å²) >= 11 is 0. The molecule has 1 atom stereocenters. The number of aromatic nitrogens is 2. The molecule has 1 aliphatic rings. The van der Waals surface area contributed by atoms with Crippen LogP contribution in [0.25, 0.3) is 22.2 Å². The highest BCUT2D eigenvalue weighted by Gasteiger charge is 2.20. The normalized spacial score (nSPS) is 17.3. The Labute approximate surface area is 189 Å². The Morgan fingerprint density at radius 1 is 1.09 bits per heavy atom. The molecule has 5 rings (SSSR count). The minimum Gasteiger partial charge on any atom is -0.496 e. The summed E-state index contributed by atoms with van der Waals surface area (Å²) in [5.74, 6) is 1.33. The number of methoxy groups -OCH3 is 1. The maximum absolute atomic E-state index is 5.95. The van der Waals surface area contributed by atoms with Crippen LogP contribution in [-0.2, 0) is 17.7 Å². The molecule has 0 saturated carbocycles. The molecule has 4 aromatic rings. The first-order chi connectivity index (χ1) is 15.8. The smallest absolute Gasteiger partial charge is 0.137 e. The molecule has 1 fully saturated rings. The molecule has 0 radical (unpaired) electrons. The van der Waals surface area contributed by atoms with Crippen LogP contribution in [0.4, 0.5) is 0 Å². The number of rotatable bonds is 6. The lowest BCUT2D eigenvalue weighted by atomic mass is 10.0. The van der Waals surface area contributed by atoms with Gasteiger partial charge in [-0.05, 0) is 47.9 Å². The molecular formula is C27H29N3O2. The number of hydrogen-bond acceptors (Lipinski definition) is 4. The van der Waals surface area contributed by atoms with E-state index >= 15 is 0 Å². The molecule has 0 amide bonds. The van der Waals surface area contributed by atoms with E-state index < -0.39 is 0 Å². The maximum atomic E-state index is 5.95. The van der Waals surface area contributed by atoms with Crippen LogP contribution in [-0.4, -0.2) is 48.3 Å². The van der Waals surface area contributed by atoms with Gasteiger partial charge >= 0.3 is 0 Å². The Balaban J connectivity index is 1.29. The highest BCUT2D eigenvalue weighted by Crippen LogP contribution is 2.30. The molecule has 1 N–H and O–H groups in total. The summed E-state index contributed by atoms with van der Waals surface area (Å²) in [6.45, 7) is 4.40. The van der Waals surface area contributed by atoms with Gasteiger partial charge in [-0.2, -0.15) is 0 Å². The van der Waals surface area contributed by atoms with E-state index in [9.17, 15) is 0 Å². The van der Waals surface area contributed by atoms with Gasteiger partial charge in [-0.15, -0.1) is 0 Å². The Hall–Kier alpha value is -3.15. The summed E-state index contributed by atoms with van der Waals surface area (Å²) in [6.07, 6.45) is 2.86. The summed E-state index contributed by atoms with van der Waals surface area (Å²) < 4.78 is 11.5. The van der Waals surface area contributed by atoms with Crippen molar-refractivity contribution in [2.75, 3.05) is 33.4 Å². The van der Waals surface area contributed by atoms with Gasteiger partial charge in [0.2, 0.25) is 0 Å². The van der Waals surface area contributed by atoms with Crippen LogP contribution in [0.15, 0.2) is 72.9 Å². The molecule has 1 aliphatic heterocycles.